The summed E-state index contributed by atoms with van der Waals surface area (Å²) < 4.78 is 6.53. The maximum Gasteiger partial charge on any atom is 0.0871 e. The molecule has 1 aromatic carbocycles. The van der Waals surface area contributed by atoms with Gasteiger partial charge in [-0.1, -0.05) is 12.1 Å². The number of nitrogens with two attached hydrogens (primary N) is 1. The van der Waals surface area contributed by atoms with Crippen LogP contribution in [0.25, 0.3) is 10.9 Å². The molecule has 94 valence electrons. The molecule has 1 aliphatic heterocycles. The van der Waals surface area contributed by atoms with Crippen molar-refractivity contribution in [2.24, 2.45) is 5.84 Å². The molecule has 1 aliphatic rings. The number of ether oxygens (including phenoxy) is 1. The van der Waals surface area contributed by atoms with Crippen molar-refractivity contribution in [3.63, 3.8) is 0 Å². The standard InChI is InChI=1S/C13H14BrN3O/c1-7-2-3-8-12(17-15)9-6-18-5-4-10(9)16-13(8)11(7)14/h2-3H,4-6,15H2,1H3,(H,16,17). The molecule has 0 saturated heterocycles. The van der Waals surface area contributed by atoms with Crippen molar-refractivity contribution in [1.29, 1.82) is 0 Å². The smallest absolute Gasteiger partial charge is 0.0871 e. The fourth-order valence-corrected chi connectivity index (χ4v) is 2.79. The first-order valence-electron chi connectivity index (χ1n) is 5.87. The minimum Gasteiger partial charge on any atom is -0.376 e. The van der Waals surface area contributed by atoms with Crippen LogP contribution in [0.5, 0.6) is 0 Å². The van der Waals surface area contributed by atoms with Crippen molar-refractivity contribution in [3.8, 4) is 0 Å². The third-order valence-electron chi connectivity index (χ3n) is 3.35. The summed E-state index contributed by atoms with van der Waals surface area (Å²) in [5.41, 5.74) is 8.02. The van der Waals surface area contributed by atoms with Gasteiger partial charge in [0.2, 0.25) is 0 Å². The number of nitrogens with zero attached hydrogens (tertiary/aromatic N) is 1. The molecule has 5 heteroatoms. The van der Waals surface area contributed by atoms with Crippen molar-refractivity contribution >= 4 is 32.5 Å². The average Bonchev–Trinajstić information content (AvgIpc) is 2.41. The van der Waals surface area contributed by atoms with Gasteiger partial charge in [-0.25, -0.2) is 0 Å². The largest absolute Gasteiger partial charge is 0.376 e. The van der Waals surface area contributed by atoms with Crippen molar-refractivity contribution in [2.75, 3.05) is 12.0 Å². The Balaban J connectivity index is 2.40. The molecule has 4 nitrogen and oxygen atoms in total. The number of benzene rings is 1. The molecule has 0 saturated carbocycles. The molecule has 0 spiro atoms. The lowest BCUT2D eigenvalue weighted by Gasteiger charge is -2.21. The third-order valence-corrected chi connectivity index (χ3v) is 4.35. The Hall–Kier alpha value is -1.17. The average molecular weight is 308 g/mol. The Morgan fingerprint density at radius 3 is 3.06 bits per heavy atom. The third kappa shape index (κ3) is 1.70. The van der Waals surface area contributed by atoms with E-state index >= 15 is 0 Å². The molecule has 3 N–H and O–H groups in total. The number of fused-ring (bicyclic) bond motifs is 2. The Bertz CT molecular complexity index is 627. The lowest BCUT2D eigenvalue weighted by Crippen LogP contribution is -2.18. The molecule has 0 fully saturated rings. The lowest BCUT2D eigenvalue weighted by atomic mass is 10.0. The van der Waals surface area contributed by atoms with Gasteiger partial charge in [0.05, 0.1) is 30.1 Å². The first-order valence-corrected chi connectivity index (χ1v) is 6.66. The van der Waals surface area contributed by atoms with Crippen LogP contribution in [0, 0.1) is 6.92 Å². The van der Waals surface area contributed by atoms with Crippen LogP contribution in [0.1, 0.15) is 16.8 Å². The van der Waals surface area contributed by atoms with Crippen LogP contribution in [0.3, 0.4) is 0 Å². The summed E-state index contributed by atoms with van der Waals surface area (Å²) in [6, 6.07) is 4.11. The molecule has 0 radical (unpaired) electrons. The fourth-order valence-electron chi connectivity index (χ4n) is 2.36. The van der Waals surface area contributed by atoms with E-state index in [1.165, 1.54) is 5.56 Å². The highest BCUT2D eigenvalue weighted by molar-refractivity contribution is 9.10. The van der Waals surface area contributed by atoms with Crippen LogP contribution in [0.2, 0.25) is 0 Å². The quantitative estimate of drug-likeness (QED) is 0.628. The Morgan fingerprint density at radius 1 is 1.44 bits per heavy atom. The van der Waals surface area contributed by atoms with Crippen LogP contribution in [0.15, 0.2) is 16.6 Å². The molecule has 2 aromatic rings. The summed E-state index contributed by atoms with van der Waals surface area (Å²) >= 11 is 3.61. The van der Waals surface area contributed by atoms with E-state index in [1.807, 2.05) is 6.07 Å². The van der Waals surface area contributed by atoms with Gasteiger partial charge in [-0.05, 0) is 28.4 Å². The highest BCUT2D eigenvalue weighted by Crippen LogP contribution is 2.35. The zero-order chi connectivity index (χ0) is 12.7. The number of nitrogen functional groups attached to an aromatic ring is 1. The topological polar surface area (TPSA) is 60.2 Å². The molecule has 1 aromatic heterocycles. The second kappa shape index (κ2) is 4.50. The van der Waals surface area contributed by atoms with E-state index in [2.05, 4.69) is 34.3 Å². The van der Waals surface area contributed by atoms with Crippen LogP contribution < -0.4 is 11.3 Å². The number of anilines is 1. The highest BCUT2D eigenvalue weighted by Gasteiger charge is 2.19. The normalized spacial score (nSPS) is 14.6. The number of rotatable bonds is 1. The second-order valence-corrected chi connectivity index (χ2v) is 5.24. The Kier molecular flexibility index (Phi) is 2.97. The van der Waals surface area contributed by atoms with E-state index in [1.54, 1.807) is 0 Å². The maximum absolute atomic E-state index is 5.68. The van der Waals surface area contributed by atoms with Crippen LogP contribution in [-0.4, -0.2) is 11.6 Å². The van der Waals surface area contributed by atoms with Gasteiger partial charge < -0.3 is 10.2 Å². The van der Waals surface area contributed by atoms with Gasteiger partial charge in [0.1, 0.15) is 0 Å². The molecule has 0 bridgehead atoms. The van der Waals surface area contributed by atoms with Crippen LogP contribution >= 0.6 is 15.9 Å². The summed E-state index contributed by atoms with van der Waals surface area (Å²) in [4.78, 5) is 4.76. The predicted molar refractivity (Wildman–Crippen MR) is 75.4 cm³/mol. The van der Waals surface area contributed by atoms with Crippen molar-refractivity contribution in [1.82, 2.24) is 4.98 Å². The molecular weight excluding hydrogens is 294 g/mol. The van der Waals surface area contributed by atoms with E-state index in [-0.39, 0.29) is 0 Å². The first-order chi connectivity index (χ1) is 8.72. The van der Waals surface area contributed by atoms with Gasteiger partial charge in [0.15, 0.2) is 0 Å². The number of hydrogen-bond donors (Lipinski definition) is 2. The van der Waals surface area contributed by atoms with E-state index in [0.29, 0.717) is 6.61 Å². The van der Waals surface area contributed by atoms with E-state index in [9.17, 15) is 0 Å². The van der Waals surface area contributed by atoms with Gasteiger partial charge in [0, 0.05) is 21.8 Å². The molecule has 0 aliphatic carbocycles. The van der Waals surface area contributed by atoms with E-state index in [4.69, 9.17) is 15.6 Å². The maximum atomic E-state index is 5.68. The second-order valence-electron chi connectivity index (χ2n) is 4.45. The van der Waals surface area contributed by atoms with E-state index < -0.39 is 0 Å². The number of nitrogens with one attached hydrogen (secondary N) is 1. The fraction of sp³-hybridized carbons (Fsp3) is 0.308. The highest BCUT2D eigenvalue weighted by atomic mass is 79.9. The van der Waals surface area contributed by atoms with E-state index in [0.717, 1.165) is 45.3 Å². The van der Waals surface area contributed by atoms with Gasteiger partial charge in [-0.3, -0.25) is 10.8 Å². The number of halogens is 1. The summed E-state index contributed by atoms with van der Waals surface area (Å²) in [7, 11) is 0. The predicted octanol–water partition coefficient (Wildman–Crippen LogP) is 2.66. The molecule has 2 heterocycles. The molecule has 0 atom stereocenters. The van der Waals surface area contributed by atoms with Gasteiger partial charge in [-0.2, -0.15) is 0 Å². The minimum absolute atomic E-state index is 0.573. The summed E-state index contributed by atoms with van der Waals surface area (Å²) in [5, 5.41) is 1.03. The number of hydrogen-bond acceptors (Lipinski definition) is 4. The van der Waals surface area contributed by atoms with Crippen molar-refractivity contribution in [3.05, 3.63) is 33.4 Å². The van der Waals surface area contributed by atoms with Gasteiger partial charge in [-0.15, -0.1) is 0 Å². The number of aromatic nitrogens is 1. The SMILES string of the molecule is Cc1ccc2c(NN)c3c(nc2c1Br)CCOC3. The Morgan fingerprint density at radius 2 is 2.28 bits per heavy atom. The molecule has 0 unspecified atom stereocenters. The molecule has 18 heavy (non-hydrogen) atoms. The van der Waals surface area contributed by atoms with Crippen LogP contribution in [0.4, 0.5) is 5.69 Å². The first kappa shape index (κ1) is 11.9. The molecule has 0 amide bonds. The van der Waals surface area contributed by atoms with Gasteiger partial charge >= 0.3 is 0 Å². The molecule has 3 rings (SSSR count). The summed E-state index contributed by atoms with van der Waals surface area (Å²) in [6.07, 6.45) is 0.834. The lowest BCUT2D eigenvalue weighted by molar-refractivity contribution is 0.110. The Labute approximate surface area is 114 Å². The zero-order valence-corrected chi connectivity index (χ0v) is 11.7. The summed E-state index contributed by atoms with van der Waals surface area (Å²) in [5.74, 6) is 5.68. The minimum atomic E-state index is 0.573. The van der Waals surface area contributed by atoms with Gasteiger partial charge in [0.25, 0.3) is 0 Å². The number of hydrazine groups is 1. The molecular formula is C13H14BrN3O. The zero-order valence-electron chi connectivity index (χ0n) is 10.1. The summed E-state index contributed by atoms with van der Waals surface area (Å²) in [6.45, 7) is 3.35. The van der Waals surface area contributed by atoms with Crippen LogP contribution in [-0.2, 0) is 17.8 Å². The number of pyridine rings is 1. The monoisotopic (exact) mass is 307 g/mol. The number of aryl methyl sites for hydroxylation is 1. The van der Waals surface area contributed by atoms with Crippen molar-refractivity contribution in [2.45, 2.75) is 20.0 Å². The van der Waals surface area contributed by atoms with Crippen molar-refractivity contribution < 1.29 is 4.74 Å².